The molecule has 0 aromatic heterocycles. The van der Waals surface area contributed by atoms with Crippen LogP contribution in [0.2, 0.25) is 0 Å². The molecule has 2 rings (SSSR count). The number of imide groups is 1. The van der Waals surface area contributed by atoms with Gasteiger partial charge in [0, 0.05) is 11.4 Å². The maximum Gasteiger partial charge on any atom is 0.321 e. The van der Waals surface area contributed by atoms with E-state index in [1.165, 1.54) is 17.1 Å². The third-order valence-corrected chi connectivity index (χ3v) is 4.01. The molecule has 0 atom stereocenters. The summed E-state index contributed by atoms with van der Waals surface area (Å²) in [5.74, 6) is 0.278. The van der Waals surface area contributed by atoms with Crippen molar-refractivity contribution in [3.8, 4) is 0 Å². The van der Waals surface area contributed by atoms with Gasteiger partial charge in [-0.2, -0.15) is 0 Å². The van der Waals surface area contributed by atoms with Gasteiger partial charge in [0.15, 0.2) is 0 Å². The van der Waals surface area contributed by atoms with Gasteiger partial charge in [0.1, 0.15) is 0 Å². The number of fused-ring (bicyclic) bond motifs is 1. The maximum absolute atomic E-state index is 11.7. The smallest absolute Gasteiger partial charge is 0.321 e. The van der Waals surface area contributed by atoms with Gasteiger partial charge in [0.25, 0.3) is 0 Å². The molecule has 0 saturated carbocycles. The third-order valence-electron chi connectivity index (χ3n) is 3.01. The fraction of sp³-hybridized carbons (Fsp3) is 0.294. The minimum atomic E-state index is -0.433. The molecule has 0 fully saturated rings. The van der Waals surface area contributed by atoms with Crippen molar-refractivity contribution >= 4 is 34.5 Å². The second-order valence-electron chi connectivity index (χ2n) is 5.45. The molecular weight excluding hydrogens is 296 g/mol. The Morgan fingerprint density at radius 2 is 1.82 bits per heavy atom. The first-order valence-corrected chi connectivity index (χ1v) is 8.22. The van der Waals surface area contributed by atoms with Crippen LogP contribution in [0.4, 0.5) is 4.79 Å². The highest BCUT2D eigenvalue weighted by atomic mass is 32.2. The third kappa shape index (κ3) is 5.07. The van der Waals surface area contributed by atoms with E-state index in [4.69, 9.17) is 0 Å². The molecule has 2 N–H and O–H groups in total. The van der Waals surface area contributed by atoms with Crippen LogP contribution >= 0.6 is 11.8 Å². The number of hydrogen-bond donors (Lipinski definition) is 2. The Morgan fingerprint density at radius 1 is 1.09 bits per heavy atom. The van der Waals surface area contributed by atoms with E-state index in [-0.39, 0.29) is 11.7 Å². The summed E-state index contributed by atoms with van der Waals surface area (Å²) in [4.78, 5) is 24.2. The summed E-state index contributed by atoms with van der Waals surface area (Å²) in [7, 11) is 0. The van der Waals surface area contributed by atoms with E-state index in [2.05, 4.69) is 16.7 Å². The lowest BCUT2D eigenvalue weighted by atomic mass is 10.1. The van der Waals surface area contributed by atoms with Gasteiger partial charge in [-0.15, -0.1) is 11.8 Å². The van der Waals surface area contributed by atoms with Crippen LogP contribution in [0.15, 0.2) is 47.4 Å². The molecule has 0 unspecified atom stereocenters. The first-order chi connectivity index (χ1) is 10.5. The average Bonchev–Trinajstić information content (AvgIpc) is 2.50. The zero-order chi connectivity index (χ0) is 15.9. The first kappa shape index (κ1) is 16.4. The summed E-state index contributed by atoms with van der Waals surface area (Å²) in [5.41, 5.74) is 0. The summed E-state index contributed by atoms with van der Waals surface area (Å²) in [6.45, 7) is 4.55. The fourth-order valence-corrected chi connectivity index (χ4v) is 2.65. The normalized spacial score (nSPS) is 10.7. The SMILES string of the molecule is CC(C)CNC(=O)NC(=O)CSc1ccc2ccccc2c1. The van der Waals surface area contributed by atoms with Gasteiger partial charge < -0.3 is 5.32 Å². The largest absolute Gasteiger partial charge is 0.338 e. The Labute approximate surface area is 134 Å². The number of amides is 3. The standard InChI is InChI=1S/C17H20N2O2S/c1-12(2)10-18-17(21)19-16(20)11-22-15-8-7-13-5-3-4-6-14(13)9-15/h3-9,12H,10-11H2,1-2H3,(H2,18,19,20,21). The van der Waals surface area contributed by atoms with Crippen LogP contribution in [-0.2, 0) is 4.79 Å². The van der Waals surface area contributed by atoms with E-state index >= 15 is 0 Å². The van der Waals surface area contributed by atoms with Crippen LogP contribution in [0.25, 0.3) is 10.8 Å². The van der Waals surface area contributed by atoms with Gasteiger partial charge in [-0.25, -0.2) is 4.79 Å². The van der Waals surface area contributed by atoms with E-state index in [1.54, 1.807) is 0 Å². The molecule has 0 aliphatic rings. The molecule has 0 aliphatic heterocycles. The predicted molar refractivity (Wildman–Crippen MR) is 91.1 cm³/mol. The Kier molecular flexibility index (Phi) is 5.83. The van der Waals surface area contributed by atoms with Gasteiger partial charge in [-0.1, -0.05) is 44.2 Å². The second-order valence-corrected chi connectivity index (χ2v) is 6.50. The molecule has 0 heterocycles. The van der Waals surface area contributed by atoms with Crippen molar-refractivity contribution in [2.75, 3.05) is 12.3 Å². The minimum Gasteiger partial charge on any atom is -0.338 e. The van der Waals surface area contributed by atoms with E-state index in [0.29, 0.717) is 12.5 Å². The van der Waals surface area contributed by atoms with E-state index < -0.39 is 6.03 Å². The Hall–Kier alpha value is -2.01. The lowest BCUT2D eigenvalue weighted by molar-refractivity contribution is -0.117. The monoisotopic (exact) mass is 316 g/mol. The van der Waals surface area contributed by atoms with E-state index in [9.17, 15) is 9.59 Å². The van der Waals surface area contributed by atoms with E-state index in [1.807, 2.05) is 50.2 Å². The molecule has 0 saturated heterocycles. The molecule has 3 amide bonds. The number of rotatable bonds is 5. The van der Waals surface area contributed by atoms with Crippen LogP contribution in [0, 0.1) is 5.92 Å². The summed E-state index contributed by atoms with van der Waals surface area (Å²) in [6.07, 6.45) is 0. The molecule has 2 aromatic rings. The second kappa shape index (κ2) is 7.84. The summed E-state index contributed by atoms with van der Waals surface area (Å²) < 4.78 is 0. The van der Waals surface area contributed by atoms with Gasteiger partial charge in [-0.05, 0) is 28.8 Å². The number of benzene rings is 2. The highest BCUT2D eigenvalue weighted by Crippen LogP contribution is 2.23. The van der Waals surface area contributed by atoms with Gasteiger partial charge in [0.2, 0.25) is 5.91 Å². The van der Waals surface area contributed by atoms with E-state index in [0.717, 1.165) is 10.3 Å². The van der Waals surface area contributed by atoms with Crippen LogP contribution < -0.4 is 10.6 Å². The van der Waals surface area contributed by atoms with Crippen LogP contribution in [0.3, 0.4) is 0 Å². The number of carbonyl (C=O) groups excluding carboxylic acids is 2. The highest BCUT2D eigenvalue weighted by molar-refractivity contribution is 8.00. The summed E-state index contributed by atoms with van der Waals surface area (Å²) in [6, 6.07) is 13.7. The molecule has 4 nitrogen and oxygen atoms in total. The fourth-order valence-electron chi connectivity index (χ4n) is 1.91. The van der Waals surface area contributed by atoms with Crippen molar-refractivity contribution in [2.45, 2.75) is 18.7 Å². The lowest BCUT2D eigenvalue weighted by Gasteiger charge is -2.08. The Morgan fingerprint density at radius 3 is 2.55 bits per heavy atom. The van der Waals surface area contributed by atoms with Gasteiger partial charge in [-0.3, -0.25) is 10.1 Å². The predicted octanol–water partition coefficient (Wildman–Crippen LogP) is 3.41. The molecular formula is C17H20N2O2S. The van der Waals surface area contributed by atoms with Gasteiger partial charge >= 0.3 is 6.03 Å². The van der Waals surface area contributed by atoms with Crippen LogP contribution in [0.5, 0.6) is 0 Å². The van der Waals surface area contributed by atoms with Crippen molar-refractivity contribution in [1.82, 2.24) is 10.6 Å². The molecule has 0 aliphatic carbocycles. The van der Waals surface area contributed by atoms with Crippen molar-refractivity contribution in [1.29, 1.82) is 0 Å². The molecule has 116 valence electrons. The summed E-state index contributed by atoms with van der Waals surface area (Å²) >= 11 is 1.42. The van der Waals surface area contributed by atoms with Crippen molar-refractivity contribution in [3.63, 3.8) is 0 Å². The van der Waals surface area contributed by atoms with Crippen LogP contribution in [-0.4, -0.2) is 24.2 Å². The van der Waals surface area contributed by atoms with Crippen molar-refractivity contribution in [3.05, 3.63) is 42.5 Å². The van der Waals surface area contributed by atoms with Gasteiger partial charge in [0.05, 0.1) is 5.75 Å². The van der Waals surface area contributed by atoms with Crippen molar-refractivity contribution < 1.29 is 9.59 Å². The lowest BCUT2D eigenvalue weighted by Crippen LogP contribution is -2.41. The molecule has 0 bridgehead atoms. The first-order valence-electron chi connectivity index (χ1n) is 7.24. The van der Waals surface area contributed by atoms with Crippen LogP contribution in [0.1, 0.15) is 13.8 Å². The molecule has 0 radical (unpaired) electrons. The number of thioether (sulfide) groups is 1. The minimum absolute atomic E-state index is 0.216. The molecule has 0 spiro atoms. The Balaban J connectivity index is 1.83. The summed E-state index contributed by atoms with van der Waals surface area (Å²) in [5, 5.41) is 7.30. The maximum atomic E-state index is 11.7. The molecule has 22 heavy (non-hydrogen) atoms. The molecule has 5 heteroatoms. The van der Waals surface area contributed by atoms with Crippen molar-refractivity contribution in [2.24, 2.45) is 5.92 Å². The number of carbonyl (C=O) groups is 2. The number of nitrogens with one attached hydrogen (secondary N) is 2. The highest BCUT2D eigenvalue weighted by Gasteiger charge is 2.08. The zero-order valence-corrected chi connectivity index (χ0v) is 13.6. The Bertz CT molecular complexity index is 671. The average molecular weight is 316 g/mol. The quantitative estimate of drug-likeness (QED) is 0.831. The molecule has 2 aromatic carbocycles. The number of hydrogen-bond acceptors (Lipinski definition) is 3. The zero-order valence-electron chi connectivity index (χ0n) is 12.8. The number of urea groups is 1. The topological polar surface area (TPSA) is 58.2 Å².